The second-order valence-electron chi connectivity index (χ2n) is 7.63. The maximum Gasteiger partial charge on any atom is 0.225 e. The van der Waals surface area contributed by atoms with Gasteiger partial charge in [-0.3, -0.25) is 9.89 Å². The molecule has 1 aliphatic carbocycles. The number of aromatic amines is 1. The van der Waals surface area contributed by atoms with Crippen molar-refractivity contribution >= 4 is 49.9 Å². The van der Waals surface area contributed by atoms with E-state index in [4.69, 9.17) is 5.11 Å². The fourth-order valence-corrected chi connectivity index (χ4v) is 5.41. The van der Waals surface area contributed by atoms with Crippen LogP contribution in [0.25, 0.3) is 21.1 Å². The summed E-state index contributed by atoms with van der Waals surface area (Å²) in [4.78, 5) is 25.5. The molecule has 0 spiro atoms. The molecule has 3 N–H and O–H groups in total. The molecule has 0 aliphatic heterocycles. The summed E-state index contributed by atoms with van der Waals surface area (Å²) in [5.41, 5.74) is 3.18. The normalized spacial score (nSPS) is 16.0. The number of fused-ring (bicyclic) bond motifs is 4. The third kappa shape index (κ3) is 3.29. The Morgan fingerprint density at radius 3 is 3.17 bits per heavy atom. The lowest BCUT2D eigenvalue weighted by Crippen LogP contribution is -2.37. The number of rotatable bonds is 5. The van der Waals surface area contributed by atoms with Crippen LogP contribution >= 0.6 is 11.3 Å². The summed E-state index contributed by atoms with van der Waals surface area (Å²) in [6.45, 7) is 0.355. The monoisotopic (exact) mass is 422 g/mol. The molecular formula is C21H22N6O2S. The van der Waals surface area contributed by atoms with E-state index in [1.54, 1.807) is 35.8 Å². The summed E-state index contributed by atoms with van der Waals surface area (Å²) in [6.07, 6.45) is 5.71. The molecule has 1 amide bonds. The third-order valence-electron chi connectivity index (χ3n) is 5.71. The van der Waals surface area contributed by atoms with E-state index in [1.807, 2.05) is 18.2 Å². The van der Waals surface area contributed by atoms with E-state index in [0.29, 0.717) is 13.0 Å². The number of benzene rings is 1. The third-order valence-corrected chi connectivity index (χ3v) is 6.87. The van der Waals surface area contributed by atoms with Crippen LogP contribution in [0.15, 0.2) is 30.7 Å². The van der Waals surface area contributed by atoms with Gasteiger partial charge in [-0.2, -0.15) is 5.10 Å². The van der Waals surface area contributed by atoms with Crippen LogP contribution in [-0.2, 0) is 17.6 Å². The maximum atomic E-state index is 12.7. The topological polar surface area (TPSA) is 107 Å². The van der Waals surface area contributed by atoms with Gasteiger partial charge in [0.2, 0.25) is 5.91 Å². The molecule has 1 unspecified atom stereocenters. The Morgan fingerprint density at radius 2 is 2.30 bits per heavy atom. The highest BCUT2D eigenvalue weighted by molar-refractivity contribution is 7.19. The number of thiophene rings is 1. The van der Waals surface area contributed by atoms with Crippen molar-refractivity contribution < 1.29 is 9.90 Å². The number of aliphatic hydroxyl groups is 1. The number of aryl methyl sites for hydroxylation is 1. The van der Waals surface area contributed by atoms with Gasteiger partial charge in [0, 0.05) is 35.5 Å². The SMILES string of the molecule is CN(CCO)C(=O)C1CCc2c(sc3ncnc(Nc4ccc5[nH]ncc5c4)c23)C1. The molecular weight excluding hydrogens is 400 g/mol. The zero-order chi connectivity index (χ0) is 20.7. The Hall–Kier alpha value is -3.04. The lowest BCUT2D eigenvalue weighted by molar-refractivity contribution is -0.135. The molecule has 4 aromatic rings. The first-order valence-electron chi connectivity index (χ1n) is 9.95. The molecule has 5 rings (SSSR count). The predicted molar refractivity (Wildman–Crippen MR) is 117 cm³/mol. The van der Waals surface area contributed by atoms with Gasteiger partial charge in [-0.05, 0) is 43.0 Å². The second kappa shape index (κ2) is 7.66. The lowest BCUT2D eigenvalue weighted by atomic mass is 9.87. The molecule has 0 fully saturated rings. The van der Waals surface area contributed by atoms with Crippen LogP contribution in [0.1, 0.15) is 16.9 Å². The van der Waals surface area contributed by atoms with Gasteiger partial charge in [-0.15, -0.1) is 11.3 Å². The molecule has 8 nitrogen and oxygen atoms in total. The number of aliphatic hydroxyl groups excluding tert-OH is 1. The number of amides is 1. The lowest BCUT2D eigenvalue weighted by Gasteiger charge is -2.26. The van der Waals surface area contributed by atoms with Crippen LogP contribution in [0.5, 0.6) is 0 Å². The summed E-state index contributed by atoms with van der Waals surface area (Å²) >= 11 is 1.65. The molecule has 9 heteroatoms. The van der Waals surface area contributed by atoms with Crippen LogP contribution in [0.4, 0.5) is 11.5 Å². The molecule has 3 aromatic heterocycles. The first kappa shape index (κ1) is 19.0. The van der Waals surface area contributed by atoms with Crippen molar-refractivity contribution in [1.82, 2.24) is 25.1 Å². The molecule has 1 aromatic carbocycles. The van der Waals surface area contributed by atoms with Gasteiger partial charge < -0.3 is 15.3 Å². The van der Waals surface area contributed by atoms with Crippen molar-refractivity contribution in [2.45, 2.75) is 19.3 Å². The second-order valence-corrected chi connectivity index (χ2v) is 8.71. The average molecular weight is 423 g/mol. The minimum atomic E-state index is -0.0463. The van der Waals surface area contributed by atoms with E-state index in [1.165, 1.54) is 10.4 Å². The standard InChI is InChI=1S/C21H22N6O2S/c1-27(6-7-28)21(29)12-2-4-15-17(9-12)30-20-18(15)19(22-11-23-20)25-14-3-5-16-13(8-14)10-24-26-16/h3,5,8,10-12,28H,2,4,6-7,9H2,1H3,(H,24,26)(H,22,23,25). The number of carbonyl (C=O) groups excluding carboxylic acids is 1. The number of aromatic nitrogens is 4. The highest BCUT2D eigenvalue weighted by atomic mass is 32.1. The summed E-state index contributed by atoms with van der Waals surface area (Å²) < 4.78 is 0. The molecule has 0 bridgehead atoms. The minimum absolute atomic E-state index is 0.0155. The molecule has 1 atom stereocenters. The predicted octanol–water partition coefficient (Wildman–Crippen LogP) is 2.87. The van der Waals surface area contributed by atoms with Crippen molar-refractivity contribution in [1.29, 1.82) is 0 Å². The fourth-order valence-electron chi connectivity index (χ4n) is 4.14. The van der Waals surface area contributed by atoms with Crippen molar-refractivity contribution in [2.75, 3.05) is 25.5 Å². The molecule has 0 radical (unpaired) electrons. The van der Waals surface area contributed by atoms with Crippen molar-refractivity contribution in [3.63, 3.8) is 0 Å². The largest absolute Gasteiger partial charge is 0.395 e. The van der Waals surface area contributed by atoms with E-state index in [2.05, 4.69) is 25.5 Å². The van der Waals surface area contributed by atoms with E-state index >= 15 is 0 Å². The quantitative estimate of drug-likeness (QED) is 0.457. The number of anilines is 2. The van der Waals surface area contributed by atoms with Gasteiger partial charge in [0.1, 0.15) is 17.0 Å². The summed E-state index contributed by atoms with van der Waals surface area (Å²) in [7, 11) is 1.75. The molecule has 30 heavy (non-hydrogen) atoms. The molecule has 0 saturated carbocycles. The number of H-pyrrole nitrogens is 1. The highest BCUT2D eigenvalue weighted by Gasteiger charge is 2.30. The number of nitrogens with one attached hydrogen (secondary N) is 2. The molecule has 3 heterocycles. The molecule has 154 valence electrons. The van der Waals surface area contributed by atoms with E-state index in [9.17, 15) is 4.79 Å². The Balaban J connectivity index is 1.46. The van der Waals surface area contributed by atoms with E-state index in [-0.39, 0.29) is 18.4 Å². The number of carbonyl (C=O) groups is 1. The first-order valence-corrected chi connectivity index (χ1v) is 10.8. The Morgan fingerprint density at radius 1 is 1.40 bits per heavy atom. The van der Waals surface area contributed by atoms with E-state index in [0.717, 1.165) is 45.5 Å². The first-order chi connectivity index (χ1) is 14.6. The van der Waals surface area contributed by atoms with Crippen molar-refractivity contribution in [3.8, 4) is 0 Å². The van der Waals surface area contributed by atoms with Gasteiger partial charge >= 0.3 is 0 Å². The van der Waals surface area contributed by atoms with Crippen LogP contribution in [0.2, 0.25) is 0 Å². The number of hydrogen-bond acceptors (Lipinski definition) is 7. The maximum absolute atomic E-state index is 12.7. The Bertz CT molecular complexity index is 1230. The Labute approximate surface area is 177 Å². The van der Waals surface area contributed by atoms with Crippen molar-refractivity contribution in [3.05, 3.63) is 41.2 Å². The van der Waals surface area contributed by atoms with Gasteiger partial charge in [0.25, 0.3) is 0 Å². The molecule has 1 aliphatic rings. The summed E-state index contributed by atoms with van der Waals surface area (Å²) in [5, 5.41) is 21.7. The van der Waals surface area contributed by atoms with Crippen LogP contribution < -0.4 is 5.32 Å². The number of nitrogens with zero attached hydrogens (tertiary/aromatic N) is 4. The zero-order valence-electron chi connectivity index (χ0n) is 16.6. The van der Waals surface area contributed by atoms with Gasteiger partial charge in [-0.25, -0.2) is 9.97 Å². The zero-order valence-corrected chi connectivity index (χ0v) is 17.4. The number of likely N-dealkylation sites (N-methyl/N-ethyl adjacent to an activating group) is 1. The van der Waals surface area contributed by atoms with Crippen LogP contribution in [-0.4, -0.2) is 56.3 Å². The van der Waals surface area contributed by atoms with E-state index < -0.39 is 0 Å². The minimum Gasteiger partial charge on any atom is -0.395 e. The summed E-state index contributed by atoms with van der Waals surface area (Å²) in [6, 6.07) is 6.03. The highest BCUT2D eigenvalue weighted by Crippen LogP contribution is 2.40. The smallest absolute Gasteiger partial charge is 0.225 e. The average Bonchev–Trinajstić information content (AvgIpc) is 3.37. The van der Waals surface area contributed by atoms with Gasteiger partial charge in [0.15, 0.2) is 0 Å². The fraction of sp³-hybridized carbons (Fsp3) is 0.333. The van der Waals surface area contributed by atoms with Crippen molar-refractivity contribution in [2.24, 2.45) is 5.92 Å². The summed E-state index contributed by atoms with van der Waals surface area (Å²) in [5.74, 6) is 0.850. The van der Waals surface area contributed by atoms with Crippen LogP contribution in [0, 0.1) is 5.92 Å². The number of hydrogen-bond donors (Lipinski definition) is 3. The van der Waals surface area contributed by atoms with Gasteiger partial charge in [0.05, 0.1) is 23.7 Å². The van der Waals surface area contributed by atoms with Crippen LogP contribution in [0.3, 0.4) is 0 Å². The molecule has 0 saturated heterocycles. The Kier molecular flexibility index (Phi) is 4.84. The van der Waals surface area contributed by atoms with Gasteiger partial charge in [-0.1, -0.05) is 0 Å².